The van der Waals surface area contributed by atoms with Gasteiger partial charge >= 0.3 is 0 Å². The van der Waals surface area contributed by atoms with E-state index in [0.29, 0.717) is 29.8 Å². The number of phenols is 1. The molecule has 9 heteroatoms. The second kappa shape index (κ2) is 9.70. The third-order valence-electron chi connectivity index (χ3n) is 5.80. The van der Waals surface area contributed by atoms with Gasteiger partial charge < -0.3 is 29.2 Å². The second-order valence-electron chi connectivity index (χ2n) is 7.81. The van der Waals surface area contributed by atoms with Crippen molar-refractivity contribution in [1.29, 1.82) is 0 Å². The normalized spacial score (nSPS) is 17.2. The van der Waals surface area contributed by atoms with Crippen LogP contribution in [0.25, 0.3) is 5.76 Å². The van der Waals surface area contributed by atoms with E-state index in [9.17, 15) is 19.8 Å². The highest BCUT2D eigenvalue weighted by molar-refractivity contribution is 6.46. The lowest BCUT2D eigenvalue weighted by Crippen LogP contribution is -2.31. The summed E-state index contributed by atoms with van der Waals surface area (Å²) in [5.74, 6) is -1.03. The van der Waals surface area contributed by atoms with Crippen LogP contribution in [-0.4, -0.2) is 57.1 Å². The fourth-order valence-corrected chi connectivity index (χ4v) is 4.07. The summed E-state index contributed by atoms with van der Waals surface area (Å²) in [6.07, 6.45) is 5.74. The number of aryl methyl sites for hydroxylation is 1. The highest BCUT2D eigenvalue weighted by atomic mass is 16.5. The number of aliphatic hydroxyl groups is 1. The fourth-order valence-electron chi connectivity index (χ4n) is 4.07. The van der Waals surface area contributed by atoms with Crippen LogP contribution in [-0.2, 0) is 16.1 Å². The van der Waals surface area contributed by atoms with Crippen LogP contribution < -0.4 is 9.47 Å². The molecule has 0 bridgehead atoms. The van der Waals surface area contributed by atoms with Gasteiger partial charge in [0, 0.05) is 31.0 Å². The second-order valence-corrected chi connectivity index (χ2v) is 7.81. The maximum absolute atomic E-state index is 13.1. The van der Waals surface area contributed by atoms with Crippen LogP contribution in [0.5, 0.6) is 17.2 Å². The Bertz CT molecular complexity index is 1220. The number of hydrogen-bond donors (Lipinski definition) is 2. The molecule has 176 valence electrons. The van der Waals surface area contributed by atoms with Gasteiger partial charge in [0.05, 0.1) is 32.2 Å². The van der Waals surface area contributed by atoms with Crippen molar-refractivity contribution < 1.29 is 29.3 Å². The molecule has 1 aliphatic heterocycles. The Kier molecular flexibility index (Phi) is 6.53. The third-order valence-corrected chi connectivity index (χ3v) is 5.80. The predicted octanol–water partition coefficient (Wildman–Crippen LogP) is 3.12. The average molecular weight is 463 g/mol. The molecular formula is C25H25N3O6. The Morgan fingerprint density at radius 2 is 1.82 bits per heavy atom. The van der Waals surface area contributed by atoms with Gasteiger partial charge in [-0.2, -0.15) is 0 Å². The van der Waals surface area contributed by atoms with Crippen molar-refractivity contribution in [2.24, 2.45) is 0 Å². The van der Waals surface area contributed by atoms with Gasteiger partial charge in [-0.25, -0.2) is 4.98 Å². The number of benzene rings is 2. The summed E-state index contributed by atoms with van der Waals surface area (Å²) in [6, 6.07) is 10.3. The minimum atomic E-state index is -0.848. The van der Waals surface area contributed by atoms with Gasteiger partial charge in [-0.1, -0.05) is 6.07 Å². The first-order chi connectivity index (χ1) is 16.4. The van der Waals surface area contributed by atoms with Crippen molar-refractivity contribution >= 4 is 17.4 Å². The lowest BCUT2D eigenvalue weighted by molar-refractivity contribution is -0.139. The van der Waals surface area contributed by atoms with Gasteiger partial charge in [0.2, 0.25) is 0 Å². The maximum atomic E-state index is 13.1. The number of methoxy groups -OCH3 is 2. The number of Topliss-reactive ketones (excluding diaryl/α,β-unsaturated/α-hetero) is 1. The van der Waals surface area contributed by atoms with Gasteiger partial charge in [0.15, 0.2) is 11.5 Å². The third kappa shape index (κ3) is 4.32. The molecule has 1 unspecified atom stereocenters. The zero-order chi connectivity index (χ0) is 24.2. The molecule has 2 heterocycles. The molecule has 9 nitrogen and oxygen atoms in total. The van der Waals surface area contributed by atoms with Gasteiger partial charge in [0.1, 0.15) is 11.5 Å². The van der Waals surface area contributed by atoms with Crippen molar-refractivity contribution in [2.75, 3.05) is 20.8 Å². The number of ether oxygens (including phenoxy) is 2. The number of carbonyl (C=O) groups is 2. The number of aromatic hydroxyl groups is 1. The summed E-state index contributed by atoms with van der Waals surface area (Å²) in [5.41, 5.74) is 0.894. The van der Waals surface area contributed by atoms with Gasteiger partial charge in [-0.3, -0.25) is 9.59 Å². The summed E-state index contributed by atoms with van der Waals surface area (Å²) < 4.78 is 12.3. The Hall–Kier alpha value is -4.27. The summed E-state index contributed by atoms with van der Waals surface area (Å²) in [4.78, 5) is 31.6. The SMILES string of the molecule is COc1ccc(/C(O)=C2\C(=O)C(=O)N(CCCn3ccnc3)C2c2ccc(O)c(OC)c2)cc1. The number of phenolic OH excluding ortho intramolecular Hbond substituents is 1. The molecule has 1 aliphatic rings. The van der Waals surface area contributed by atoms with E-state index >= 15 is 0 Å². The molecule has 2 N–H and O–H groups in total. The number of rotatable bonds is 8. The van der Waals surface area contributed by atoms with Crippen LogP contribution in [0.2, 0.25) is 0 Å². The summed E-state index contributed by atoms with van der Waals surface area (Å²) in [5, 5.41) is 21.2. The van der Waals surface area contributed by atoms with Crippen LogP contribution in [0.1, 0.15) is 23.6 Å². The molecule has 0 radical (unpaired) electrons. The van der Waals surface area contributed by atoms with Gasteiger partial charge in [-0.15, -0.1) is 0 Å². The molecule has 1 fully saturated rings. The molecule has 34 heavy (non-hydrogen) atoms. The smallest absolute Gasteiger partial charge is 0.295 e. The highest BCUT2D eigenvalue weighted by Gasteiger charge is 2.46. The van der Waals surface area contributed by atoms with Crippen molar-refractivity contribution in [2.45, 2.75) is 19.0 Å². The van der Waals surface area contributed by atoms with Gasteiger partial charge in [0.25, 0.3) is 11.7 Å². The molecule has 0 spiro atoms. The lowest BCUT2D eigenvalue weighted by atomic mass is 9.95. The molecular weight excluding hydrogens is 438 g/mol. The molecule has 3 aromatic rings. The van der Waals surface area contributed by atoms with E-state index in [2.05, 4.69) is 4.98 Å². The Morgan fingerprint density at radius 3 is 2.47 bits per heavy atom. The average Bonchev–Trinajstić information content (AvgIpc) is 3.46. The Balaban J connectivity index is 1.76. The first kappa shape index (κ1) is 22.9. The molecule has 1 atom stereocenters. The van der Waals surface area contributed by atoms with E-state index in [0.717, 1.165) is 0 Å². The van der Waals surface area contributed by atoms with Crippen molar-refractivity contribution in [3.63, 3.8) is 0 Å². The predicted molar refractivity (Wildman–Crippen MR) is 124 cm³/mol. The molecule has 1 saturated heterocycles. The summed E-state index contributed by atoms with van der Waals surface area (Å²) in [6.45, 7) is 0.878. The molecule has 2 aromatic carbocycles. The number of aromatic nitrogens is 2. The topological polar surface area (TPSA) is 114 Å². The van der Waals surface area contributed by atoms with Crippen molar-refractivity contribution in [1.82, 2.24) is 14.5 Å². The van der Waals surface area contributed by atoms with Crippen molar-refractivity contribution in [3.8, 4) is 17.2 Å². The van der Waals surface area contributed by atoms with E-state index in [1.54, 1.807) is 48.9 Å². The number of aliphatic hydroxyl groups excluding tert-OH is 1. The van der Waals surface area contributed by atoms with Crippen LogP contribution in [0.15, 0.2) is 66.8 Å². The van der Waals surface area contributed by atoms with Crippen LogP contribution in [0.4, 0.5) is 0 Å². The van der Waals surface area contributed by atoms with E-state index < -0.39 is 17.7 Å². The Labute approximate surface area is 196 Å². The minimum absolute atomic E-state index is 0.0226. The zero-order valence-electron chi connectivity index (χ0n) is 18.8. The lowest BCUT2D eigenvalue weighted by Gasteiger charge is -2.26. The minimum Gasteiger partial charge on any atom is -0.507 e. The number of likely N-dealkylation sites (tertiary alicyclic amines) is 1. The number of carbonyl (C=O) groups excluding carboxylic acids is 2. The zero-order valence-corrected chi connectivity index (χ0v) is 18.8. The monoisotopic (exact) mass is 463 g/mol. The number of amides is 1. The van der Waals surface area contributed by atoms with Crippen LogP contribution >= 0.6 is 0 Å². The first-order valence-corrected chi connectivity index (χ1v) is 10.7. The molecule has 0 saturated carbocycles. The maximum Gasteiger partial charge on any atom is 0.295 e. The van der Waals surface area contributed by atoms with Crippen LogP contribution in [0.3, 0.4) is 0 Å². The largest absolute Gasteiger partial charge is 0.507 e. The fraction of sp³-hybridized carbons (Fsp3) is 0.240. The van der Waals surface area contributed by atoms with Gasteiger partial charge in [-0.05, 0) is 48.4 Å². The quantitative estimate of drug-likeness (QED) is 0.300. The van der Waals surface area contributed by atoms with E-state index in [-0.39, 0.29) is 29.4 Å². The standard InChI is InChI=1S/C25H25N3O6/c1-33-18-7-4-16(5-8-18)23(30)21-22(17-6-9-19(29)20(14-17)34-2)28(25(32)24(21)31)12-3-11-27-13-10-26-15-27/h4-10,13-15,22,29-30H,3,11-12H2,1-2H3/b23-21+. The number of nitrogens with zero attached hydrogens (tertiary/aromatic N) is 3. The van der Waals surface area contributed by atoms with Crippen LogP contribution in [0, 0.1) is 0 Å². The van der Waals surface area contributed by atoms with E-state index in [1.165, 1.54) is 25.2 Å². The van der Waals surface area contributed by atoms with E-state index in [4.69, 9.17) is 9.47 Å². The number of imidazole rings is 1. The molecule has 1 aromatic heterocycles. The first-order valence-electron chi connectivity index (χ1n) is 10.7. The number of ketones is 1. The highest BCUT2D eigenvalue weighted by Crippen LogP contribution is 2.41. The molecule has 0 aliphatic carbocycles. The number of hydrogen-bond acceptors (Lipinski definition) is 7. The Morgan fingerprint density at radius 1 is 1.06 bits per heavy atom. The molecule has 4 rings (SSSR count). The molecule has 1 amide bonds. The van der Waals surface area contributed by atoms with Crippen molar-refractivity contribution in [3.05, 3.63) is 77.9 Å². The van der Waals surface area contributed by atoms with E-state index in [1.807, 2.05) is 10.8 Å². The summed E-state index contributed by atoms with van der Waals surface area (Å²) in [7, 11) is 2.95. The summed E-state index contributed by atoms with van der Waals surface area (Å²) >= 11 is 0.